The molecular formula is C11H16F3N5. The number of nitrogen functional groups attached to an aromatic ring is 1. The number of hydrogen-bond donors (Lipinski definition) is 2. The Labute approximate surface area is 109 Å². The number of hydrazine groups is 1. The quantitative estimate of drug-likeness (QED) is 0.653. The van der Waals surface area contributed by atoms with E-state index in [1.807, 2.05) is 0 Å². The summed E-state index contributed by atoms with van der Waals surface area (Å²) in [6.07, 6.45) is -0.471. The Morgan fingerprint density at radius 3 is 2.47 bits per heavy atom. The molecule has 5 nitrogen and oxygen atoms in total. The highest BCUT2D eigenvalue weighted by atomic mass is 19.4. The number of rotatable bonds is 3. The van der Waals surface area contributed by atoms with Crippen LogP contribution in [0.4, 0.5) is 24.8 Å². The summed E-state index contributed by atoms with van der Waals surface area (Å²) in [4.78, 5) is 8.69. The molecule has 0 spiro atoms. The average Bonchev–Trinajstić information content (AvgIpc) is 2.90. The van der Waals surface area contributed by atoms with Crippen LogP contribution in [0.3, 0.4) is 0 Å². The first-order valence-corrected chi connectivity index (χ1v) is 6.07. The molecule has 1 aromatic rings. The lowest BCUT2D eigenvalue weighted by Gasteiger charge is -2.26. The Balaban J connectivity index is 2.33. The highest BCUT2D eigenvalue weighted by Crippen LogP contribution is 2.31. The van der Waals surface area contributed by atoms with E-state index in [1.165, 1.54) is 6.07 Å². The van der Waals surface area contributed by atoms with Crippen LogP contribution in [-0.4, -0.2) is 23.1 Å². The number of halogens is 3. The van der Waals surface area contributed by atoms with E-state index in [2.05, 4.69) is 15.4 Å². The first-order valence-electron chi connectivity index (χ1n) is 6.07. The minimum absolute atomic E-state index is 0.0397. The summed E-state index contributed by atoms with van der Waals surface area (Å²) in [5, 5.41) is 0. The van der Waals surface area contributed by atoms with Crippen molar-refractivity contribution < 1.29 is 13.2 Å². The largest absolute Gasteiger partial charge is 0.451 e. The molecule has 1 aliphatic rings. The van der Waals surface area contributed by atoms with Crippen LogP contribution in [0.5, 0.6) is 0 Å². The van der Waals surface area contributed by atoms with Crippen LogP contribution in [0.1, 0.15) is 31.5 Å². The molecule has 2 rings (SSSR count). The lowest BCUT2D eigenvalue weighted by molar-refractivity contribution is -0.144. The summed E-state index contributed by atoms with van der Waals surface area (Å²) < 4.78 is 38.1. The minimum atomic E-state index is -4.59. The van der Waals surface area contributed by atoms with E-state index in [1.54, 1.807) is 11.9 Å². The van der Waals surface area contributed by atoms with Gasteiger partial charge in [-0.2, -0.15) is 13.2 Å². The molecule has 1 aromatic heterocycles. The van der Waals surface area contributed by atoms with Crippen molar-refractivity contribution in [2.75, 3.05) is 17.4 Å². The predicted octanol–water partition coefficient (Wildman–Crippen LogP) is 2.16. The number of hydrogen-bond acceptors (Lipinski definition) is 5. The highest BCUT2D eigenvalue weighted by Gasteiger charge is 2.36. The second kappa shape index (κ2) is 5.20. The monoisotopic (exact) mass is 275 g/mol. The number of alkyl halides is 3. The van der Waals surface area contributed by atoms with Crippen molar-refractivity contribution in [1.29, 1.82) is 0 Å². The summed E-state index contributed by atoms with van der Waals surface area (Å²) in [5.74, 6) is 4.18. The van der Waals surface area contributed by atoms with Gasteiger partial charge in [-0.05, 0) is 12.8 Å². The number of anilines is 2. The molecule has 0 bridgehead atoms. The molecule has 0 saturated heterocycles. The molecule has 1 fully saturated rings. The normalized spacial score (nSPS) is 16.7. The zero-order valence-electron chi connectivity index (χ0n) is 10.5. The van der Waals surface area contributed by atoms with Gasteiger partial charge in [0.25, 0.3) is 0 Å². The fourth-order valence-electron chi connectivity index (χ4n) is 2.29. The molecule has 106 valence electrons. The Morgan fingerprint density at radius 1 is 1.32 bits per heavy atom. The molecule has 0 atom stereocenters. The standard InChI is InChI=1S/C11H16F3N5/c1-19(7-4-2-3-5-7)9-6-8(18-15)16-10(17-9)11(12,13)14/h6-7H,2-5,15H2,1H3,(H,16,17,18). The molecule has 8 heteroatoms. The van der Waals surface area contributed by atoms with E-state index < -0.39 is 12.0 Å². The fraction of sp³-hybridized carbons (Fsp3) is 0.636. The summed E-state index contributed by atoms with van der Waals surface area (Å²) in [6.45, 7) is 0. The third kappa shape index (κ3) is 3.06. The molecular weight excluding hydrogens is 259 g/mol. The lowest BCUT2D eigenvalue weighted by atomic mass is 10.2. The number of nitrogens with zero attached hydrogens (tertiary/aromatic N) is 3. The van der Waals surface area contributed by atoms with Gasteiger partial charge in [-0.1, -0.05) is 12.8 Å². The van der Waals surface area contributed by atoms with E-state index in [-0.39, 0.29) is 17.7 Å². The molecule has 0 amide bonds. The first-order chi connectivity index (χ1) is 8.91. The third-order valence-electron chi connectivity index (χ3n) is 3.35. The van der Waals surface area contributed by atoms with Crippen molar-refractivity contribution in [1.82, 2.24) is 9.97 Å². The van der Waals surface area contributed by atoms with E-state index in [4.69, 9.17) is 5.84 Å². The van der Waals surface area contributed by atoms with E-state index >= 15 is 0 Å². The van der Waals surface area contributed by atoms with E-state index in [0.29, 0.717) is 0 Å². The average molecular weight is 275 g/mol. The van der Waals surface area contributed by atoms with Crippen molar-refractivity contribution in [2.24, 2.45) is 5.84 Å². The Morgan fingerprint density at radius 2 is 1.95 bits per heavy atom. The van der Waals surface area contributed by atoms with E-state index in [9.17, 15) is 13.2 Å². The van der Waals surface area contributed by atoms with Crippen molar-refractivity contribution >= 4 is 11.6 Å². The van der Waals surface area contributed by atoms with Crippen LogP contribution in [0.25, 0.3) is 0 Å². The predicted molar refractivity (Wildman–Crippen MR) is 65.5 cm³/mol. The first kappa shape index (κ1) is 13.9. The Hall–Kier alpha value is -1.57. The summed E-state index contributed by atoms with van der Waals surface area (Å²) in [6, 6.07) is 1.65. The Kier molecular flexibility index (Phi) is 3.79. The number of nitrogens with two attached hydrogens (primary N) is 1. The maximum atomic E-state index is 12.7. The molecule has 0 aromatic carbocycles. The highest BCUT2D eigenvalue weighted by molar-refractivity contribution is 5.49. The Bertz CT molecular complexity index is 442. The zero-order valence-corrected chi connectivity index (χ0v) is 10.5. The zero-order chi connectivity index (χ0) is 14.0. The van der Waals surface area contributed by atoms with Gasteiger partial charge in [0.2, 0.25) is 5.82 Å². The molecule has 0 unspecified atom stereocenters. The molecule has 0 radical (unpaired) electrons. The van der Waals surface area contributed by atoms with Gasteiger partial charge in [0.1, 0.15) is 11.6 Å². The molecule has 19 heavy (non-hydrogen) atoms. The van der Waals surface area contributed by atoms with Gasteiger partial charge in [-0.15, -0.1) is 0 Å². The van der Waals surface area contributed by atoms with Crippen LogP contribution in [-0.2, 0) is 6.18 Å². The van der Waals surface area contributed by atoms with Crippen LogP contribution in [0.2, 0.25) is 0 Å². The van der Waals surface area contributed by atoms with Gasteiger partial charge >= 0.3 is 6.18 Å². The van der Waals surface area contributed by atoms with Crippen molar-refractivity contribution in [3.8, 4) is 0 Å². The summed E-state index contributed by atoms with van der Waals surface area (Å²) in [5.41, 5.74) is 2.15. The lowest BCUT2D eigenvalue weighted by Crippen LogP contribution is -2.30. The van der Waals surface area contributed by atoms with Gasteiger partial charge < -0.3 is 10.3 Å². The van der Waals surface area contributed by atoms with Gasteiger partial charge in [-0.3, -0.25) is 0 Å². The number of aromatic nitrogens is 2. The van der Waals surface area contributed by atoms with Crippen molar-refractivity contribution in [3.63, 3.8) is 0 Å². The third-order valence-corrected chi connectivity index (χ3v) is 3.35. The van der Waals surface area contributed by atoms with Crippen molar-refractivity contribution in [2.45, 2.75) is 37.9 Å². The molecule has 1 saturated carbocycles. The fourth-order valence-corrected chi connectivity index (χ4v) is 2.29. The second-order valence-electron chi connectivity index (χ2n) is 4.63. The van der Waals surface area contributed by atoms with Gasteiger partial charge in [0.15, 0.2) is 0 Å². The van der Waals surface area contributed by atoms with Crippen LogP contribution in [0, 0.1) is 0 Å². The van der Waals surface area contributed by atoms with Crippen LogP contribution < -0.4 is 16.2 Å². The summed E-state index contributed by atoms with van der Waals surface area (Å²) >= 11 is 0. The molecule has 1 aliphatic carbocycles. The maximum Gasteiger partial charge on any atom is 0.451 e. The molecule has 3 N–H and O–H groups in total. The van der Waals surface area contributed by atoms with Crippen molar-refractivity contribution in [3.05, 3.63) is 11.9 Å². The van der Waals surface area contributed by atoms with Gasteiger partial charge in [0.05, 0.1) is 0 Å². The second-order valence-corrected chi connectivity index (χ2v) is 4.63. The van der Waals surface area contributed by atoms with Gasteiger partial charge in [0, 0.05) is 19.2 Å². The van der Waals surface area contributed by atoms with Gasteiger partial charge in [-0.25, -0.2) is 15.8 Å². The molecule has 1 heterocycles. The van der Waals surface area contributed by atoms with E-state index in [0.717, 1.165) is 25.7 Å². The minimum Gasteiger partial charge on any atom is -0.357 e. The molecule has 0 aliphatic heterocycles. The number of nitrogens with one attached hydrogen (secondary N) is 1. The summed E-state index contributed by atoms with van der Waals surface area (Å²) in [7, 11) is 1.75. The topological polar surface area (TPSA) is 67.1 Å². The SMILES string of the molecule is CN(c1cc(NN)nc(C(F)(F)F)n1)C1CCCC1. The smallest absolute Gasteiger partial charge is 0.357 e. The van der Waals surface area contributed by atoms with Crippen LogP contribution >= 0.6 is 0 Å². The maximum absolute atomic E-state index is 12.7. The van der Waals surface area contributed by atoms with Crippen LogP contribution in [0.15, 0.2) is 6.07 Å².